The van der Waals surface area contributed by atoms with Crippen LogP contribution in [0.4, 0.5) is 0 Å². The summed E-state index contributed by atoms with van der Waals surface area (Å²) < 4.78 is 28.2. The third-order valence-corrected chi connectivity index (χ3v) is 8.54. The van der Waals surface area contributed by atoms with Gasteiger partial charge in [-0.05, 0) is 43.1 Å². The number of carbonyl (C=O) groups is 1. The first-order valence-electron chi connectivity index (χ1n) is 8.88. The van der Waals surface area contributed by atoms with E-state index < -0.39 is 22.0 Å². The van der Waals surface area contributed by atoms with Crippen LogP contribution in [-0.2, 0) is 14.8 Å². The second kappa shape index (κ2) is 5.85. The van der Waals surface area contributed by atoms with Gasteiger partial charge >= 0.3 is 0 Å². The highest BCUT2D eigenvalue weighted by molar-refractivity contribution is 7.90. The second-order valence-electron chi connectivity index (χ2n) is 7.37. The van der Waals surface area contributed by atoms with Crippen molar-refractivity contribution in [2.45, 2.75) is 55.9 Å². The van der Waals surface area contributed by atoms with Gasteiger partial charge in [-0.1, -0.05) is 43.2 Å². The maximum Gasteiger partial charge on any atom is 0.235 e. The van der Waals surface area contributed by atoms with Crippen molar-refractivity contribution in [3.8, 4) is 0 Å². The fraction of sp³-hybridized carbons (Fsp3) is 0.611. The molecule has 4 atom stereocenters. The maximum atomic E-state index is 13.4. The van der Waals surface area contributed by atoms with Gasteiger partial charge in [-0.2, -0.15) is 4.31 Å². The van der Waals surface area contributed by atoms with E-state index >= 15 is 0 Å². The molecular formula is C18H24N2O3S. The summed E-state index contributed by atoms with van der Waals surface area (Å²) in [6, 6.07) is 8.65. The van der Waals surface area contributed by atoms with Crippen LogP contribution in [0.25, 0.3) is 0 Å². The first kappa shape index (κ1) is 16.1. The zero-order valence-corrected chi connectivity index (χ0v) is 14.5. The molecule has 1 amide bonds. The van der Waals surface area contributed by atoms with E-state index in [-0.39, 0.29) is 23.1 Å². The quantitative estimate of drug-likeness (QED) is 0.906. The number of hydrogen-bond donors (Lipinski definition) is 1. The third kappa shape index (κ3) is 2.47. The lowest BCUT2D eigenvalue weighted by Gasteiger charge is -2.28. The van der Waals surface area contributed by atoms with Gasteiger partial charge in [-0.3, -0.25) is 4.79 Å². The minimum atomic E-state index is -3.51. The number of nitrogens with zero attached hydrogens (tertiary/aromatic N) is 1. The van der Waals surface area contributed by atoms with E-state index in [0.717, 1.165) is 31.2 Å². The molecule has 2 saturated carbocycles. The molecule has 1 aromatic rings. The lowest BCUT2D eigenvalue weighted by molar-refractivity contribution is -0.121. The zero-order valence-electron chi connectivity index (χ0n) is 13.7. The van der Waals surface area contributed by atoms with Crippen LogP contribution in [0.2, 0.25) is 0 Å². The molecule has 2 N–H and O–H groups in total. The Kier molecular flexibility index (Phi) is 3.92. The van der Waals surface area contributed by atoms with Gasteiger partial charge in [0.1, 0.15) is 6.04 Å². The second-order valence-corrected chi connectivity index (χ2v) is 9.37. The largest absolute Gasteiger partial charge is 0.368 e. The molecule has 24 heavy (non-hydrogen) atoms. The molecule has 0 bridgehead atoms. The van der Waals surface area contributed by atoms with Crippen LogP contribution in [0, 0.1) is 11.8 Å². The predicted molar refractivity (Wildman–Crippen MR) is 91.4 cm³/mol. The van der Waals surface area contributed by atoms with Gasteiger partial charge in [0.05, 0.1) is 11.3 Å². The van der Waals surface area contributed by atoms with Gasteiger partial charge in [-0.25, -0.2) is 8.42 Å². The highest BCUT2D eigenvalue weighted by atomic mass is 32.2. The smallest absolute Gasteiger partial charge is 0.235 e. The van der Waals surface area contributed by atoms with Crippen LogP contribution in [0.3, 0.4) is 0 Å². The maximum absolute atomic E-state index is 13.4. The van der Waals surface area contributed by atoms with Crippen molar-refractivity contribution in [1.29, 1.82) is 0 Å². The number of fused-ring (bicyclic) bond motifs is 1. The molecule has 0 aromatic heterocycles. The Hall–Kier alpha value is -1.40. The van der Waals surface area contributed by atoms with Crippen molar-refractivity contribution in [1.82, 2.24) is 4.31 Å². The van der Waals surface area contributed by atoms with Crippen molar-refractivity contribution < 1.29 is 13.2 Å². The number of hydrogen-bond acceptors (Lipinski definition) is 3. The van der Waals surface area contributed by atoms with E-state index in [1.807, 2.05) is 30.3 Å². The molecule has 1 aliphatic heterocycles. The van der Waals surface area contributed by atoms with Crippen LogP contribution in [-0.4, -0.2) is 29.9 Å². The topological polar surface area (TPSA) is 80.5 Å². The van der Waals surface area contributed by atoms with Crippen LogP contribution >= 0.6 is 0 Å². The molecule has 6 heteroatoms. The molecule has 5 nitrogen and oxygen atoms in total. The first-order chi connectivity index (χ1) is 11.5. The predicted octanol–water partition coefficient (Wildman–Crippen LogP) is 2.20. The van der Waals surface area contributed by atoms with E-state index in [1.54, 1.807) is 0 Å². The summed E-state index contributed by atoms with van der Waals surface area (Å²) in [5, 5.41) is -0.300. The number of amides is 1. The first-order valence-corrected chi connectivity index (χ1v) is 10.4. The Labute approximate surface area is 143 Å². The Morgan fingerprint density at radius 1 is 1.00 bits per heavy atom. The molecule has 2 aliphatic carbocycles. The molecular weight excluding hydrogens is 324 g/mol. The van der Waals surface area contributed by atoms with Crippen molar-refractivity contribution in [2.75, 3.05) is 0 Å². The standard InChI is InChI=1S/C18H24N2O3S/c19-18(21)16-11-10-15(12-6-2-1-3-7-12)20(16)24(22,23)17-13-8-4-5-9-14(13)17/h1-3,6-7,13-17H,4-5,8-11H2,(H2,19,21)/t13?,14?,15-,16-,17?/m1/s1. The van der Waals surface area contributed by atoms with Crippen LogP contribution in [0.1, 0.15) is 50.1 Å². The summed E-state index contributed by atoms with van der Waals surface area (Å²) in [5.41, 5.74) is 6.50. The molecule has 1 heterocycles. The van der Waals surface area contributed by atoms with Crippen LogP contribution in [0.15, 0.2) is 30.3 Å². The van der Waals surface area contributed by atoms with Crippen LogP contribution in [0.5, 0.6) is 0 Å². The fourth-order valence-corrected chi connectivity index (χ4v) is 7.80. The molecule has 1 aromatic carbocycles. The summed E-state index contributed by atoms with van der Waals surface area (Å²) in [7, 11) is -3.51. The fourth-order valence-electron chi connectivity index (χ4n) is 4.91. The van der Waals surface area contributed by atoms with Crippen molar-refractivity contribution >= 4 is 15.9 Å². The summed E-state index contributed by atoms with van der Waals surface area (Å²) >= 11 is 0. The minimum Gasteiger partial charge on any atom is -0.368 e. The summed E-state index contributed by atoms with van der Waals surface area (Å²) in [5.74, 6) is 0.0456. The van der Waals surface area contributed by atoms with Gasteiger partial charge in [0.25, 0.3) is 0 Å². The number of nitrogens with two attached hydrogens (primary N) is 1. The molecule has 3 fully saturated rings. The highest BCUT2D eigenvalue weighted by Gasteiger charge is 2.62. The van der Waals surface area contributed by atoms with Crippen molar-refractivity contribution in [3.63, 3.8) is 0 Å². The Morgan fingerprint density at radius 2 is 1.62 bits per heavy atom. The van der Waals surface area contributed by atoms with Crippen molar-refractivity contribution in [3.05, 3.63) is 35.9 Å². The Balaban J connectivity index is 1.69. The summed E-state index contributed by atoms with van der Waals surface area (Å²) in [6.45, 7) is 0. The Bertz CT molecular complexity index is 722. The van der Waals surface area contributed by atoms with Gasteiger partial charge in [0.2, 0.25) is 15.9 Å². The molecule has 130 valence electrons. The molecule has 0 radical (unpaired) electrons. The van der Waals surface area contributed by atoms with Gasteiger partial charge < -0.3 is 5.73 Å². The van der Waals surface area contributed by atoms with E-state index in [0.29, 0.717) is 12.8 Å². The van der Waals surface area contributed by atoms with Gasteiger partial charge in [0, 0.05) is 0 Å². The molecule has 2 unspecified atom stereocenters. The molecule has 3 aliphatic rings. The number of benzene rings is 1. The van der Waals surface area contributed by atoms with Gasteiger partial charge in [0.15, 0.2) is 0 Å². The molecule has 1 saturated heterocycles. The Morgan fingerprint density at radius 3 is 2.21 bits per heavy atom. The number of carbonyl (C=O) groups excluding carboxylic acids is 1. The molecule has 0 spiro atoms. The summed E-state index contributed by atoms with van der Waals surface area (Å²) in [4.78, 5) is 11.9. The zero-order chi connectivity index (χ0) is 16.9. The monoisotopic (exact) mass is 348 g/mol. The average Bonchev–Trinajstić information content (AvgIpc) is 3.14. The van der Waals surface area contributed by atoms with Gasteiger partial charge in [-0.15, -0.1) is 0 Å². The third-order valence-electron chi connectivity index (χ3n) is 6.06. The normalized spacial score (nSPS) is 36.2. The number of rotatable bonds is 4. The number of sulfonamides is 1. The van der Waals surface area contributed by atoms with E-state index in [2.05, 4.69) is 0 Å². The lowest BCUT2D eigenvalue weighted by atomic mass is 10.0. The molecule has 4 rings (SSSR count). The van der Waals surface area contributed by atoms with Crippen LogP contribution < -0.4 is 5.73 Å². The highest BCUT2D eigenvalue weighted by Crippen LogP contribution is 2.56. The van der Waals surface area contributed by atoms with E-state index in [4.69, 9.17) is 5.73 Å². The minimum absolute atomic E-state index is 0.267. The summed E-state index contributed by atoms with van der Waals surface area (Å²) in [6.07, 6.45) is 5.40. The average molecular weight is 348 g/mol. The lowest BCUT2D eigenvalue weighted by Crippen LogP contribution is -2.46. The SMILES string of the molecule is NC(=O)[C@H]1CC[C@H](c2ccccc2)N1S(=O)(=O)C1C2CCCCC21. The van der Waals surface area contributed by atoms with E-state index in [9.17, 15) is 13.2 Å². The van der Waals surface area contributed by atoms with Crippen molar-refractivity contribution in [2.24, 2.45) is 17.6 Å². The van der Waals surface area contributed by atoms with E-state index in [1.165, 1.54) is 4.31 Å². The number of primary amides is 1.